The number of benzene rings is 3. The molecular weight excluding hydrogens is 371 g/mol. The molecule has 0 unspecified atom stereocenters. The third kappa shape index (κ3) is 3.33. The highest BCUT2D eigenvalue weighted by Gasteiger charge is 2.24. The maximum Gasteiger partial charge on any atom is 0.352 e. The lowest BCUT2D eigenvalue weighted by Crippen LogP contribution is -2.21. The molecule has 1 aromatic heterocycles. The summed E-state index contributed by atoms with van der Waals surface area (Å²) in [6, 6.07) is 17.9. The number of nitrogens with one attached hydrogen (secondary N) is 1. The van der Waals surface area contributed by atoms with Crippen molar-refractivity contribution in [3.63, 3.8) is 0 Å². The van der Waals surface area contributed by atoms with Crippen LogP contribution in [-0.4, -0.2) is 28.6 Å². The fourth-order valence-corrected chi connectivity index (χ4v) is 3.83. The molecule has 0 spiro atoms. The molecule has 1 amide bonds. The van der Waals surface area contributed by atoms with Crippen molar-refractivity contribution in [3.8, 4) is 0 Å². The highest BCUT2D eigenvalue weighted by molar-refractivity contribution is 6.01. The number of hydrogen-bond acceptors (Lipinski definition) is 2. The Hall–Kier alpha value is -3.67. The zero-order valence-corrected chi connectivity index (χ0v) is 15.8. The Kier molecular flexibility index (Phi) is 4.76. The molecule has 0 bridgehead atoms. The van der Waals surface area contributed by atoms with E-state index in [1.54, 1.807) is 10.6 Å². The van der Waals surface area contributed by atoms with Crippen LogP contribution in [0.5, 0.6) is 0 Å². The summed E-state index contributed by atoms with van der Waals surface area (Å²) in [5, 5.41) is 15.0. The number of aromatic nitrogens is 1. The average molecular weight is 390 g/mol. The Balaban J connectivity index is 1.97. The van der Waals surface area contributed by atoms with Gasteiger partial charge in [-0.2, -0.15) is 0 Å². The number of carbonyl (C=O) groups excluding carboxylic acids is 1. The van der Waals surface area contributed by atoms with Gasteiger partial charge in [-0.05, 0) is 34.5 Å². The van der Waals surface area contributed by atoms with Gasteiger partial charge in [0.25, 0.3) is 0 Å². The van der Waals surface area contributed by atoms with E-state index in [4.69, 9.17) is 0 Å². The highest BCUT2D eigenvalue weighted by atomic mass is 19.1. The molecule has 0 aliphatic carbocycles. The number of aromatic carboxylic acids is 1. The van der Waals surface area contributed by atoms with Gasteiger partial charge in [0.2, 0.25) is 5.91 Å². The van der Waals surface area contributed by atoms with Crippen molar-refractivity contribution in [1.82, 2.24) is 9.88 Å². The molecule has 0 aliphatic heterocycles. The van der Waals surface area contributed by atoms with E-state index in [0.717, 1.165) is 16.3 Å². The monoisotopic (exact) mass is 390 g/mol. The minimum Gasteiger partial charge on any atom is -0.477 e. The SMILES string of the molecule is CNC(=O)Cc1c(C(=O)O)n(Cc2cccc3ccccc23)c2ccc(F)cc12. The van der Waals surface area contributed by atoms with E-state index < -0.39 is 11.8 Å². The maximum atomic E-state index is 14.0. The summed E-state index contributed by atoms with van der Waals surface area (Å²) in [6.07, 6.45) is -0.138. The second-order valence-corrected chi connectivity index (χ2v) is 6.87. The number of carboxylic acids is 1. The molecule has 4 rings (SSSR count). The molecule has 2 N–H and O–H groups in total. The first kappa shape index (κ1) is 18.7. The zero-order chi connectivity index (χ0) is 20.5. The van der Waals surface area contributed by atoms with Crippen molar-refractivity contribution in [3.05, 3.63) is 83.3 Å². The van der Waals surface area contributed by atoms with Gasteiger partial charge in [-0.15, -0.1) is 0 Å². The third-order valence-electron chi connectivity index (χ3n) is 5.16. The smallest absolute Gasteiger partial charge is 0.352 e. The number of nitrogens with zero attached hydrogens (tertiary/aromatic N) is 1. The Morgan fingerprint density at radius 2 is 1.79 bits per heavy atom. The minimum absolute atomic E-state index is 0.00198. The molecule has 0 aliphatic rings. The molecule has 6 heteroatoms. The Morgan fingerprint density at radius 1 is 1.03 bits per heavy atom. The van der Waals surface area contributed by atoms with Crippen LogP contribution in [0.4, 0.5) is 4.39 Å². The van der Waals surface area contributed by atoms with Crippen molar-refractivity contribution < 1.29 is 19.1 Å². The number of carboxylic acid groups (broad SMARTS) is 1. The largest absolute Gasteiger partial charge is 0.477 e. The molecular formula is C23H19FN2O3. The Labute approximate surface area is 166 Å². The van der Waals surface area contributed by atoms with Gasteiger partial charge in [0.05, 0.1) is 6.42 Å². The van der Waals surface area contributed by atoms with Crippen LogP contribution in [0.25, 0.3) is 21.7 Å². The predicted molar refractivity (Wildman–Crippen MR) is 110 cm³/mol. The van der Waals surface area contributed by atoms with E-state index >= 15 is 0 Å². The first-order chi connectivity index (χ1) is 14.0. The van der Waals surface area contributed by atoms with Gasteiger partial charge < -0.3 is 15.0 Å². The molecule has 29 heavy (non-hydrogen) atoms. The van der Waals surface area contributed by atoms with E-state index in [2.05, 4.69) is 5.32 Å². The van der Waals surface area contributed by atoms with Gasteiger partial charge >= 0.3 is 5.97 Å². The van der Waals surface area contributed by atoms with E-state index in [0.29, 0.717) is 23.0 Å². The lowest BCUT2D eigenvalue weighted by Gasteiger charge is -2.12. The number of halogens is 1. The van der Waals surface area contributed by atoms with E-state index in [1.807, 2.05) is 42.5 Å². The summed E-state index contributed by atoms with van der Waals surface area (Å²) in [7, 11) is 1.48. The van der Waals surface area contributed by atoms with Crippen LogP contribution < -0.4 is 5.32 Å². The van der Waals surface area contributed by atoms with Gasteiger partial charge in [-0.25, -0.2) is 9.18 Å². The van der Waals surface area contributed by atoms with Gasteiger partial charge in [-0.3, -0.25) is 4.79 Å². The summed E-state index contributed by atoms with van der Waals surface area (Å²) in [4.78, 5) is 24.2. The lowest BCUT2D eigenvalue weighted by molar-refractivity contribution is -0.119. The van der Waals surface area contributed by atoms with Crippen molar-refractivity contribution in [2.45, 2.75) is 13.0 Å². The zero-order valence-electron chi connectivity index (χ0n) is 15.8. The lowest BCUT2D eigenvalue weighted by atomic mass is 10.0. The molecule has 1 heterocycles. The molecule has 0 saturated heterocycles. The summed E-state index contributed by atoms with van der Waals surface area (Å²) >= 11 is 0. The van der Waals surface area contributed by atoms with Crippen molar-refractivity contribution >= 4 is 33.6 Å². The molecule has 5 nitrogen and oxygen atoms in total. The number of hydrogen-bond donors (Lipinski definition) is 2. The fraction of sp³-hybridized carbons (Fsp3) is 0.130. The molecule has 0 saturated carbocycles. The van der Waals surface area contributed by atoms with Crippen LogP contribution in [0.3, 0.4) is 0 Å². The summed E-state index contributed by atoms with van der Waals surface area (Å²) in [5.41, 5.74) is 1.84. The fourth-order valence-electron chi connectivity index (χ4n) is 3.83. The van der Waals surface area contributed by atoms with Gasteiger partial charge in [0.15, 0.2) is 0 Å². The molecule has 0 fully saturated rings. The summed E-state index contributed by atoms with van der Waals surface area (Å²) < 4.78 is 15.6. The van der Waals surface area contributed by atoms with Crippen LogP contribution in [0.1, 0.15) is 21.6 Å². The van der Waals surface area contributed by atoms with Gasteiger partial charge in [-0.1, -0.05) is 42.5 Å². The Bertz CT molecular complexity index is 1250. The van der Waals surface area contributed by atoms with E-state index in [-0.39, 0.29) is 18.0 Å². The Morgan fingerprint density at radius 3 is 2.55 bits per heavy atom. The van der Waals surface area contributed by atoms with Gasteiger partial charge in [0.1, 0.15) is 11.5 Å². The first-order valence-corrected chi connectivity index (χ1v) is 9.20. The standard InChI is InChI=1S/C23H19FN2O3/c1-25-21(27)12-19-18-11-16(24)9-10-20(18)26(22(19)23(28)29)13-15-7-4-6-14-5-2-3-8-17(14)15/h2-11H,12-13H2,1H3,(H,25,27)(H,28,29). The topological polar surface area (TPSA) is 71.3 Å². The van der Waals surface area contributed by atoms with Crippen molar-refractivity contribution in [1.29, 1.82) is 0 Å². The average Bonchev–Trinajstić information content (AvgIpc) is 3.00. The normalized spacial score (nSPS) is 11.1. The molecule has 0 radical (unpaired) electrons. The third-order valence-corrected chi connectivity index (χ3v) is 5.16. The van der Waals surface area contributed by atoms with Crippen molar-refractivity contribution in [2.24, 2.45) is 0 Å². The van der Waals surface area contributed by atoms with Crippen LogP contribution in [-0.2, 0) is 17.8 Å². The summed E-state index contributed by atoms with van der Waals surface area (Å²) in [5.74, 6) is -1.96. The second kappa shape index (κ2) is 7.39. The molecule has 146 valence electrons. The predicted octanol–water partition coefficient (Wildman–Crippen LogP) is 3.97. The van der Waals surface area contributed by atoms with Crippen LogP contribution in [0.2, 0.25) is 0 Å². The number of amides is 1. The van der Waals surface area contributed by atoms with Crippen molar-refractivity contribution in [2.75, 3.05) is 7.05 Å². The number of likely N-dealkylation sites (N-methyl/N-ethyl adjacent to an activating group) is 1. The molecule has 0 atom stereocenters. The highest BCUT2D eigenvalue weighted by Crippen LogP contribution is 2.30. The quantitative estimate of drug-likeness (QED) is 0.542. The summed E-state index contributed by atoms with van der Waals surface area (Å²) in [6.45, 7) is 0.291. The second-order valence-electron chi connectivity index (χ2n) is 6.87. The first-order valence-electron chi connectivity index (χ1n) is 9.20. The number of rotatable bonds is 5. The maximum absolute atomic E-state index is 14.0. The van der Waals surface area contributed by atoms with Gasteiger partial charge in [0, 0.05) is 30.1 Å². The number of fused-ring (bicyclic) bond motifs is 2. The van der Waals surface area contributed by atoms with E-state index in [1.165, 1.54) is 19.2 Å². The van der Waals surface area contributed by atoms with Crippen LogP contribution >= 0.6 is 0 Å². The van der Waals surface area contributed by atoms with E-state index in [9.17, 15) is 19.1 Å². The number of carbonyl (C=O) groups is 2. The minimum atomic E-state index is -1.15. The van der Waals surface area contributed by atoms with Crippen LogP contribution in [0, 0.1) is 5.82 Å². The molecule has 4 aromatic rings. The molecule has 3 aromatic carbocycles. The van der Waals surface area contributed by atoms with Crippen LogP contribution in [0.15, 0.2) is 60.7 Å².